The van der Waals surface area contributed by atoms with Gasteiger partial charge in [-0.3, -0.25) is 0 Å². The number of aliphatic hydroxyl groups excluding tert-OH is 1. The number of carbonyl (C=O) groups is 2. The Balaban J connectivity index is 0.000000340. The van der Waals surface area contributed by atoms with Crippen LogP contribution < -0.4 is 0 Å². The molecule has 2 rings (SSSR count). The Hall–Kier alpha value is -2.66. The molecule has 0 aliphatic heterocycles. The summed E-state index contributed by atoms with van der Waals surface area (Å²) in [5, 5.41) is 25.2. The van der Waals surface area contributed by atoms with Gasteiger partial charge >= 0.3 is 11.9 Å². The predicted molar refractivity (Wildman–Crippen MR) is 93.3 cm³/mol. The van der Waals surface area contributed by atoms with Crippen molar-refractivity contribution in [3.05, 3.63) is 71.8 Å². The molecule has 0 saturated heterocycles. The molecule has 3 N–H and O–H groups in total. The molecule has 0 bridgehead atoms. The third kappa shape index (κ3) is 11.0. The zero-order chi connectivity index (χ0) is 18.6. The summed E-state index contributed by atoms with van der Waals surface area (Å²) in [4.78, 5) is 20.4. The molecule has 0 unspecified atom stereocenters. The normalized spacial score (nSPS) is 9.67. The molecular formula is C19H24O5. The fourth-order valence-corrected chi connectivity index (χ4v) is 1.16. The summed E-state index contributed by atoms with van der Waals surface area (Å²) < 4.78 is 0. The van der Waals surface area contributed by atoms with E-state index in [0.29, 0.717) is 11.1 Å². The molecule has 2 aromatic rings. The van der Waals surface area contributed by atoms with E-state index >= 15 is 0 Å². The van der Waals surface area contributed by atoms with Gasteiger partial charge < -0.3 is 15.3 Å². The first-order valence-electron chi connectivity index (χ1n) is 7.35. The molecule has 0 spiro atoms. The van der Waals surface area contributed by atoms with E-state index in [2.05, 4.69) is 0 Å². The van der Waals surface area contributed by atoms with E-state index in [1.54, 1.807) is 60.7 Å². The monoisotopic (exact) mass is 332 g/mol. The average Bonchev–Trinajstić information content (AvgIpc) is 2.57. The van der Waals surface area contributed by atoms with Crippen LogP contribution in [0.5, 0.6) is 0 Å². The van der Waals surface area contributed by atoms with Gasteiger partial charge in [-0.1, -0.05) is 57.2 Å². The maximum absolute atomic E-state index is 10.2. The molecule has 24 heavy (non-hydrogen) atoms. The number of rotatable bonds is 2. The molecule has 130 valence electrons. The van der Waals surface area contributed by atoms with Crippen LogP contribution in [0.25, 0.3) is 0 Å². The van der Waals surface area contributed by atoms with E-state index in [1.807, 2.05) is 20.8 Å². The Bertz CT molecular complexity index is 551. The summed E-state index contributed by atoms with van der Waals surface area (Å²) in [7, 11) is 0. The second-order valence-electron chi connectivity index (χ2n) is 6.06. The van der Waals surface area contributed by atoms with Crippen molar-refractivity contribution in [1.29, 1.82) is 0 Å². The molecule has 0 aliphatic rings. The van der Waals surface area contributed by atoms with Crippen LogP contribution in [0.15, 0.2) is 60.7 Å². The topological polar surface area (TPSA) is 94.8 Å². The number of carboxylic acid groups (broad SMARTS) is 2. The van der Waals surface area contributed by atoms with E-state index in [-0.39, 0.29) is 12.0 Å². The van der Waals surface area contributed by atoms with Gasteiger partial charge in [0.1, 0.15) is 0 Å². The summed E-state index contributed by atoms with van der Waals surface area (Å²) in [5.41, 5.74) is 0.759. The van der Waals surface area contributed by atoms with Gasteiger partial charge in [0.25, 0.3) is 0 Å². The molecule has 0 atom stereocenters. The largest absolute Gasteiger partial charge is 0.478 e. The number of hydrogen-bond donors (Lipinski definition) is 3. The highest BCUT2D eigenvalue weighted by Gasteiger charge is 2.05. The number of aliphatic hydroxyl groups is 1. The standard InChI is InChI=1S/2C7H6O2.C5H12O/c2*8-7(9)6-4-2-1-3-5-6;1-5(2,3)4-6/h2*1-5H,(H,8,9);6H,4H2,1-3H3. The SMILES string of the molecule is CC(C)(C)CO.O=C(O)c1ccccc1.O=C(O)c1ccccc1. The molecule has 2 aromatic carbocycles. The number of carboxylic acids is 2. The minimum Gasteiger partial charge on any atom is -0.478 e. The average molecular weight is 332 g/mol. The number of benzene rings is 2. The highest BCUT2D eigenvalue weighted by Crippen LogP contribution is 2.09. The highest BCUT2D eigenvalue weighted by molar-refractivity contribution is 5.87. The molecule has 0 heterocycles. The smallest absolute Gasteiger partial charge is 0.335 e. The maximum Gasteiger partial charge on any atom is 0.335 e. The minimum atomic E-state index is -0.879. The van der Waals surface area contributed by atoms with Crippen LogP contribution in [-0.4, -0.2) is 33.9 Å². The Morgan fingerprint density at radius 3 is 1.12 bits per heavy atom. The molecule has 0 aromatic heterocycles. The second kappa shape index (κ2) is 11.0. The first-order chi connectivity index (χ1) is 11.2. The molecule has 5 heteroatoms. The van der Waals surface area contributed by atoms with Crippen LogP contribution in [0, 0.1) is 5.41 Å². The predicted octanol–water partition coefficient (Wildman–Crippen LogP) is 3.79. The van der Waals surface area contributed by atoms with Crippen molar-refractivity contribution in [1.82, 2.24) is 0 Å². The van der Waals surface area contributed by atoms with Crippen LogP contribution in [0.3, 0.4) is 0 Å². The van der Waals surface area contributed by atoms with Crippen molar-refractivity contribution >= 4 is 11.9 Å². The Labute approximate surface area is 142 Å². The lowest BCUT2D eigenvalue weighted by Gasteiger charge is -2.11. The summed E-state index contributed by atoms with van der Waals surface area (Å²) in [6, 6.07) is 16.6. The van der Waals surface area contributed by atoms with Gasteiger partial charge in [-0.05, 0) is 29.7 Å². The molecular weight excluding hydrogens is 308 g/mol. The Morgan fingerprint density at radius 2 is 1.00 bits per heavy atom. The van der Waals surface area contributed by atoms with Gasteiger partial charge in [0.05, 0.1) is 11.1 Å². The van der Waals surface area contributed by atoms with Crippen LogP contribution in [0.2, 0.25) is 0 Å². The molecule has 0 aliphatic carbocycles. The second-order valence-corrected chi connectivity index (χ2v) is 6.06. The first-order valence-corrected chi connectivity index (χ1v) is 7.35. The van der Waals surface area contributed by atoms with Crippen LogP contribution in [0.1, 0.15) is 41.5 Å². The van der Waals surface area contributed by atoms with E-state index in [1.165, 1.54) is 0 Å². The van der Waals surface area contributed by atoms with Gasteiger partial charge in [0.15, 0.2) is 0 Å². The molecule has 0 saturated carbocycles. The lowest BCUT2D eigenvalue weighted by Crippen LogP contribution is -2.09. The van der Waals surface area contributed by atoms with Gasteiger partial charge in [-0.25, -0.2) is 9.59 Å². The third-order valence-corrected chi connectivity index (χ3v) is 2.52. The summed E-state index contributed by atoms with van der Waals surface area (Å²) in [5.74, 6) is -1.76. The molecule has 0 radical (unpaired) electrons. The lowest BCUT2D eigenvalue weighted by atomic mass is 9.99. The fourth-order valence-electron chi connectivity index (χ4n) is 1.16. The van der Waals surface area contributed by atoms with Crippen molar-refractivity contribution in [2.45, 2.75) is 20.8 Å². The van der Waals surface area contributed by atoms with Gasteiger partial charge in [0.2, 0.25) is 0 Å². The zero-order valence-electron chi connectivity index (χ0n) is 14.1. The third-order valence-electron chi connectivity index (χ3n) is 2.52. The van der Waals surface area contributed by atoms with E-state index in [9.17, 15) is 9.59 Å². The van der Waals surface area contributed by atoms with Crippen molar-refractivity contribution in [2.24, 2.45) is 5.41 Å². The molecule has 5 nitrogen and oxygen atoms in total. The van der Waals surface area contributed by atoms with Gasteiger partial charge in [-0.2, -0.15) is 0 Å². The maximum atomic E-state index is 10.2. The van der Waals surface area contributed by atoms with Gasteiger partial charge in [-0.15, -0.1) is 0 Å². The van der Waals surface area contributed by atoms with E-state index < -0.39 is 11.9 Å². The minimum absolute atomic E-state index is 0.0972. The lowest BCUT2D eigenvalue weighted by molar-refractivity contribution is 0.0686. The van der Waals surface area contributed by atoms with Crippen LogP contribution in [-0.2, 0) is 0 Å². The van der Waals surface area contributed by atoms with Gasteiger partial charge in [0, 0.05) is 6.61 Å². The van der Waals surface area contributed by atoms with Crippen molar-refractivity contribution < 1.29 is 24.9 Å². The van der Waals surface area contributed by atoms with Crippen LogP contribution >= 0.6 is 0 Å². The first kappa shape index (κ1) is 21.3. The van der Waals surface area contributed by atoms with E-state index in [0.717, 1.165) is 0 Å². The zero-order valence-corrected chi connectivity index (χ0v) is 14.1. The highest BCUT2D eigenvalue weighted by atomic mass is 16.4. The van der Waals surface area contributed by atoms with Crippen molar-refractivity contribution in [3.63, 3.8) is 0 Å². The molecule has 0 amide bonds. The number of hydrogen-bond acceptors (Lipinski definition) is 3. The number of aromatic carboxylic acids is 2. The Morgan fingerprint density at radius 1 is 0.750 bits per heavy atom. The van der Waals surface area contributed by atoms with Crippen LogP contribution in [0.4, 0.5) is 0 Å². The summed E-state index contributed by atoms with van der Waals surface area (Å²) >= 11 is 0. The molecule has 0 fully saturated rings. The summed E-state index contributed by atoms with van der Waals surface area (Å²) in [6.07, 6.45) is 0. The summed E-state index contributed by atoms with van der Waals surface area (Å²) in [6.45, 7) is 6.25. The fraction of sp³-hybridized carbons (Fsp3) is 0.263. The van der Waals surface area contributed by atoms with Crippen molar-refractivity contribution in [3.8, 4) is 0 Å². The Kier molecular flexibility index (Phi) is 9.75. The van der Waals surface area contributed by atoms with Crippen molar-refractivity contribution in [2.75, 3.05) is 6.61 Å². The van der Waals surface area contributed by atoms with E-state index in [4.69, 9.17) is 15.3 Å². The quantitative estimate of drug-likeness (QED) is 0.777.